The van der Waals surface area contributed by atoms with Crippen molar-refractivity contribution < 1.29 is 0 Å². The van der Waals surface area contributed by atoms with E-state index in [0.29, 0.717) is 0 Å². The van der Waals surface area contributed by atoms with Crippen molar-refractivity contribution in [3.63, 3.8) is 0 Å². The second kappa shape index (κ2) is 5.75. The van der Waals surface area contributed by atoms with E-state index in [1.807, 2.05) is 36.6 Å². The number of hydrogen-bond acceptors (Lipinski definition) is 5. The van der Waals surface area contributed by atoms with E-state index in [1.54, 1.807) is 11.3 Å². The summed E-state index contributed by atoms with van der Waals surface area (Å²) in [6, 6.07) is 8.19. The van der Waals surface area contributed by atoms with Gasteiger partial charge in [0, 0.05) is 12.6 Å². The molecule has 2 aromatic heterocycles. The van der Waals surface area contributed by atoms with E-state index < -0.39 is 0 Å². The lowest BCUT2D eigenvalue weighted by Crippen LogP contribution is -2.19. The van der Waals surface area contributed by atoms with Gasteiger partial charge in [-0.3, -0.25) is 0 Å². The molecule has 0 amide bonds. The molecule has 2 aromatic rings. The van der Waals surface area contributed by atoms with Crippen LogP contribution in [0.25, 0.3) is 10.6 Å². The van der Waals surface area contributed by atoms with Crippen LogP contribution in [0.15, 0.2) is 29.6 Å². The molecule has 5 heteroatoms. The molecule has 0 aromatic carbocycles. The molecule has 2 rings (SSSR count). The van der Waals surface area contributed by atoms with Gasteiger partial charge < -0.3 is 11.1 Å². The van der Waals surface area contributed by atoms with Crippen molar-refractivity contribution in [2.24, 2.45) is 5.73 Å². The summed E-state index contributed by atoms with van der Waals surface area (Å²) in [4.78, 5) is 1.14. The molecule has 90 valence electrons. The fraction of sp³-hybridized carbons (Fsp3) is 0.333. The van der Waals surface area contributed by atoms with Crippen LogP contribution in [-0.2, 0) is 0 Å². The van der Waals surface area contributed by atoms with Gasteiger partial charge in [-0.05, 0) is 36.9 Å². The quantitative estimate of drug-likeness (QED) is 0.852. The maximum atomic E-state index is 5.67. The minimum atomic E-state index is 0.209. The Morgan fingerprint density at radius 1 is 1.35 bits per heavy atom. The SMILES string of the molecule is CC(N)CCNc1ccc(-c2cccs2)nn1. The van der Waals surface area contributed by atoms with Crippen molar-refractivity contribution in [3.8, 4) is 10.6 Å². The first-order chi connectivity index (χ1) is 8.25. The zero-order valence-electron chi connectivity index (χ0n) is 9.76. The van der Waals surface area contributed by atoms with E-state index in [1.165, 1.54) is 0 Å². The topological polar surface area (TPSA) is 63.8 Å². The van der Waals surface area contributed by atoms with Crippen LogP contribution in [0.3, 0.4) is 0 Å². The first kappa shape index (κ1) is 12.0. The predicted octanol–water partition coefficient (Wildman–Crippen LogP) is 2.35. The molecule has 0 aliphatic rings. The summed E-state index contributed by atoms with van der Waals surface area (Å²) in [5, 5.41) is 13.6. The molecule has 1 unspecified atom stereocenters. The first-order valence-electron chi connectivity index (χ1n) is 5.63. The van der Waals surface area contributed by atoms with E-state index in [4.69, 9.17) is 5.73 Å². The van der Waals surface area contributed by atoms with Gasteiger partial charge in [0.25, 0.3) is 0 Å². The van der Waals surface area contributed by atoms with Gasteiger partial charge in [0.15, 0.2) is 0 Å². The molecule has 0 radical (unpaired) electrons. The van der Waals surface area contributed by atoms with Gasteiger partial charge in [-0.2, -0.15) is 0 Å². The van der Waals surface area contributed by atoms with Crippen LogP contribution >= 0.6 is 11.3 Å². The number of aromatic nitrogens is 2. The average Bonchev–Trinajstić information content (AvgIpc) is 2.83. The minimum Gasteiger partial charge on any atom is -0.369 e. The van der Waals surface area contributed by atoms with Crippen LogP contribution in [0.1, 0.15) is 13.3 Å². The maximum Gasteiger partial charge on any atom is 0.148 e. The number of nitrogens with one attached hydrogen (secondary N) is 1. The Hall–Kier alpha value is -1.46. The van der Waals surface area contributed by atoms with Crippen LogP contribution in [0.2, 0.25) is 0 Å². The van der Waals surface area contributed by atoms with Gasteiger partial charge in [0.1, 0.15) is 11.5 Å². The summed E-state index contributed by atoms with van der Waals surface area (Å²) in [5.41, 5.74) is 6.58. The van der Waals surface area contributed by atoms with Crippen molar-refractivity contribution >= 4 is 17.2 Å². The second-order valence-electron chi connectivity index (χ2n) is 3.97. The molecule has 0 spiro atoms. The molecule has 2 heterocycles. The molecule has 0 fully saturated rings. The molecule has 0 saturated carbocycles. The largest absolute Gasteiger partial charge is 0.369 e. The number of hydrogen-bond donors (Lipinski definition) is 2. The summed E-state index contributed by atoms with van der Waals surface area (Å²) in [6.07, 6.45) is 0.925. The molecule has 0 bridgehead atoms. The van der Waals surface area contributed by atoms with E-state index in [9.17, 15) is 0 Å². The van der Waals surface area contributed by atoms with Gasteiger partial charge in [0.05, 0.1) is 4.88 Å². The van der Waals surface area contributed by atoms with Gasteiger partial charge in [-0.15, -0.1) is 21.5 Å². The Balaban J connectivity index is 1.94. The molecular weight excluding hydrogens is 232 g/mol. The van der Waals surface area contributed by atoms with Gasteiger partial charge in [-0.25, -0.2) is 0 Å². The van der Waals surface area contributed by atoms with Crippen molar-refractivity contribution in [2.45, 2.75) is 19.4 Å². The average molecular weight is 248 g/mol. The highest BCUT2D eigenvalue weighted by atomic mass is 32.1. The van der Waals surface area contributed by atoms with Crippen LogP contribution in [0, 0.1) is 0 Å². The van der Waals surface area contributed by atoms with Crippen LogP contribution in [0.4, 0.5) is 5.82 Å². The maximum absolute atomic E-state index is 5.67. The molecule has 4 nitrogen and oxygen atoms in total. The Kier molecular flexibility index (Phi) is 4.06. The smallest absolute Gasteiger partial charge is 0.148 e. The fourth-order valence-electron chi connectivity index (χ4n) is 1.41. The van der Waals surface area contributed by atoms with Crippen molar-refractivity contribution in [1.29, 1.82) is 0 Å². The van der Waals surface area contributed by atoms with Crippen LogP contribution in [0.5, 0.6) is 0 Å². The third kappa shape index (κ3) is 3.51. The molecule has 0 saturated heterocycles. The Morgan fingerprint density at radius 3 is 2.82 bits per heavy atom. The van der Waals surface area contributed by atoms with Crippen molar-refractivity contribution in [3.05, 3.63) is 29.6 Å². The lowest BCUT2D eigenvalue weighted by Gasteiger charge is -2.07. The number of nitrogens with zero attached hydrogens (tertiary/aromatic N) is 2. The van der Waals surface area contributed by atoms with E-state index in [0.717, 1.165) is 29.4 Å². The van der Waals surface area contributed by atoms with E-state index >= 15 is 0 Å². The minimum absolute atomic E-state index is 0.209. The van der Waals surface area contributed by atoms with Gasteiger partial charge >= 0.3 is 0 Å². The molecule has 17 heavy (non-hydrogen) atoms. The highest BCUT2D eigenvalue weighted by molar-refractivity contribution is 7.13. The Labute approximate surface area is 105 Å². The van der Waals surface area contributed by atoms with Gasteiger partial charge in [-0.1, -0.05) is 6.07 Å². The number of rotatable bonds is 5. The summed E-state index contributed by atoms with van der Waals surface area (Å²) in [5.74, 6) is 0.797. The fourth-order valence-corrected chi connectivity index (χ4v) is 2.10. The summed E-state index contributed by atoms with van der Waals surface area (Å²) >= 11 is 1.66. The Bertz CT molecular complexity index is 436. The number of anilines is 1. The normalized spacial score (nSPS) is 12.4. The zero-order chi connectivity index (χ0) is 12.1. The lowest BCUT2D eigenvalue weighted by molar-refractivity contribution is 0.688. The third-order valence-electron chi connectivity index (χ3n) is 2.34. The van der Waals surface area contributed by atoms with E-state index in [-0.39, 0.29) is 6.04 Å². The molecule has 1 atom stereocenters. The van der Waals surface area contributed by atoms with E-state index in [2.05, 4.69) is 15.5 Å². The Morgan fingerprint density at radius 2 is 2.24 bits per heavy atom. The highest BCUT2D eigenvalue weighted by Crippen LogP contribution is 2.22. The standard InChI is InChI=1S/C12H16N4S/c1-9(13)6-7-14-12-5-4-10(15-16-12)11-3-2-8-17-11/h2-5,8-9H,6-7,13H2,1H3,(H,14,16). The van der Waals surface area contributed by atoms with Crippen LogP contribution in [-0.4, -0.2) is 22.8 Å². The highest BCUT2D eigenvalue weighted by Gasteiger charge is 2.01. The second-order valence-corrected chi connectivity index (χ2v) is 4.92. The van der Waals surface area contributed by atoms with Crippen molar-refractivity contribution in [2.75, 3.05) is 11.9 Å². The van der Waals surface area contributed by atoms with Crippen LogP contribution < -0.4 is 11.1 Å². The molecule has 0 aliphatic carbocycles. The monoisotopic (exact) mass is 248 g/mol. The van der Waals surface area contributed by atoms with Gasteiger partial charge in [0.2, 0.25) is 0 Å². The first-order valence-corrected chi connectivity index (χ1v) is 6.51. The molecule has 0 aliphatic heterocycles. The summed E-state index contributed by atoms with van der Waals surface area (Å²) in [7, 11) is 0. The third-order valence-corrected chi connectivity index (χ3v) is 3.24. The lowest BCUT2D eigenvalue weighted by atomic mass is 10.2. The van der Waals surface area contributed by atoms with Crippen molar-refractivity contribution in [1.82, 2.24) is 10.2 Å². The summed E-state index contributed by atoms with van der Waals surface area (Å²) in [6.45, 7) is 2.82. The molecule has 3 N–H and O–H groups in total. The molecular formula is C12H16N4S. The number of thiophene rings is 1. The predicted molar refractivity (Wildman–Crippen MR) is 72.1 cm³/mol. The number of nitrogens with two attached hydrogens (primary N) is 1. The zero-order valence-corrected chi connectivity index (χ0v) is 10.6. The summed E-state index contributed by atoms with van der Waals surface area (Å²) < 4.78 is 0.